The fourth-order valence-corrected chi connectivity index (χ4v) is 3.78. The summed E-state index contributed by atoms with van der Waals surface area (Å²) in [6.45, 7) is 0. The molecule has 2 aromatic heterocycles. The van der Waals surface area contributed by atoms with Crippen LogP contribution in [-0.4, -0.2) is 54.6 Å². The number of hydrogen-bond acceptors (Lipinski definition) is 8. The molecule has 10 heteroatoms. The van der Waals surface area contributed by atoms with E-state index in [1.54, 1.807) is 61.2 Å². The molecule has 2 N–H and O–H groups in total. The summed E-state index contributed by atoms with van der Waals surface area (Å²) in [4.78, 5) is 17.6. The highest BCUT2D eigenvalue weighted by molar-refractivity contribution is 6.41. The van der Waals surface area contributed by atoms with Crippen LogP contribution in [0.3, 0.4) is 0 Å². The number of hydrogen-bond donors (Lipinski definition) is 2. The number of aliphatic imine (C=N–C) groups is 2. The van der Waals surface area contributed by atoms with Gasteiger partial charge in [-0.3, -0.25) is 20.0 Å². The third-order valence-electron chi connectivity index (χ3n) is 5.05. The van der Waals surface area contributed by atoms with E-state index < -0.39 is 11.4 Å². The molecule has 0 fully saturated rings. The highest BCUT2D eigenvalue weighted by Crippen LogP contribution is 2.29. The largest absolute Gasteiger partial charge is 0.411 e. The van der Waals surface area contributed by atoms with E-state index in [2.05, 4.69) is 20.3 Å². The summed E-state index contributed by atoms with van der Waals surface area (Å²) in [5, 5.41) is 26.2. The lowest BCUT2D eigenvalue weighted by Gasteiger charge is -2.25. The third-order valence-corrected chi connectivity index (χ3v) is 5.87. The minimum absolute atomic E-state index is 0.221. The molecule has 0 saturated heterocycles. The minimum atomic E-state index is -0.496. The fraction of sp³-hybridized carbons (Fsp3) is 0.182. The van der Waals surface area contributed by atoms with Crippen LogP contribution in [0, 0.1) is 0 Å². The summed E-state index contributed by atoms with van der Waals surface area (Å²) in [7, 11) is 0. The predicted molar refractivity (Wildman–Crippen MR) is 125 cm³/mol. The molecule has 2 unspecified atom stereocenters. The number of pyridine rings is 2. The quantitative estimate of drug-likeness (QED) is 0.285. The second-order valence-electron chi connectivity index (χ2n) is 7.06. The van der Waals surface area contributed by atoms with E-state index in [1.165, 1.54) is 0 Å². The Morgan fingerprint density at radius 3 is 2.12 bits per heavy atom. The third kappa shape index (κ3) is 4.76. The number of fused-ring (bicyclic) bond motifs is 1. The first-order valence-corrected chi connectivity index (χ1v) is 10.5. The van der Waals surface area contributed by atoms with Gasteiger partial charge in [0.05, 0.1) is 34.3 Å². The molecule has 8 nitrogen and oxygen atoms in total. The number of nitrogens with zero attached hydrogens (tertiary/aromatic N) is 6. The monoisotopic (exact) mass is 468 g/mol. The zero-order valence-corrected chi connectivity index (χ0v) is 18.2. The molecule has 0 aromatic carbocycles. The van der Waals surface area contributed by atoms with Crippen molar-refractivity contribution in [2.75, 3.05) is 0 Å². The van der Waals surface area contributed by atoms with Crippen molar-refractivity contribution in [1.82, 2.24) is 9.97 Å². The van der Waals surface area contributed by atoms with Gasteiger partial charge in [-0.25, -0.2) is 0 Å². The molecule has 1 aliphatic carbocycles. The maximum absolute atomic E-state index is 9.66. The number of alkyl halides is 1. The topological polar surface area (TPSA) is 116 Å². The van der Waals surface area contributed by atoms with E-state index in [0.29, 0.717) is 44.7 Å². The molecule has 0 amide bonds. The van der Waals surface area contributed by atoms with Crippen LogP contribution in [0.25, 0.3) is 0 Å². The normalized spacial score (nSPS) is 21.2. The van der Waals surface area contributed by atoms with Crippen molar-refractivity contribution in [3.63, 3.8) is 0 Å². The molecule has 1 aliphatic heterocycles. The summed E-state index contributed by atoms with van der Waals surface area (Å²) in [5.74, 6) is 0. The molecule has 0 saturated carbocycles. The van der Waals surface area contributed by atoms with Gasteiger partial charge in [0.2, 0.25) is 0 Å². The smallest absolute Gasteiger partial charge is 0.0949 e. The Bertz CT molecular complexity index is 1170. The zero-order chi connectivity index (χ0) is 22.5. The fourth-order valence-electron chi connectivity index (χ4n) is 3.43. The molecule has 0 spiro atoms. The van der Waals surface area contributed by atoms with Crippen LogP contribution >= 0.6 is 23.2 Å². The van der Waals surface area contributed by atoms with Crippen LogP contribution in [-0.2, 0) is 0 Å². The van der Waals surface area contributed by atoms with Crippen molar-refractivity contribution in [1.29, 1.82) is 0 Å². The Morgan fingerprint density at radius 1 is 0.938 bits per heavy atom. The van der Waals surface area contributed by atoms with E-state index in [9.17, 15) is 10.4 Å². The number of rotatable bonds is 6. The first kappa shape index (κ1) is 21.9. The van der Waals surface area contributed by atoms with Gasteiger partial charge >= 0.3 is 0 Å². The molecule has 0 radical (unpaired) electrons. The molecule has 2 atom stereocenters. The van der Waals surface area contributed by atoms with Crippen molar-refractivity contribution in [2.24, 2.45) is 20.3 Å². The average Bonchev–Trinajstić information content (AvgIpc) is 2.83. The van der Waals surface area contributed by atoms with Crippen molar-refractivity contribution in [2.45, 2.75) is 24.3 Å². The summed E-state index contributed by atoms with van der Waals surface area (Å²) in [5.41, 5.74) is 4.09. The lowest BCUT2D eigenvalue weighted by molar-refractivity contribution is 0.317. The lowest BCUT2D eigenvalue weighted by Crippen LogP contribution is -2.31. The second-order valence-corrected chi connectivity index (χ2v) is 7.97. The molecule has 162 valence electrons. The van der Waals surface area contributed by atoms with Crippen molar-refractivity contribution in [3.8, 4) is 0 Å². The highest BCUT2D eigenvalue weighted by atomic mass is 35.5. The van der Waals surface area contributed by atoms with Crippen LogP contribution in [0.4, 0.5) is 0 Å². The predicted octanol–water partition coefficient (Wildman–Crippen LogP) is 4.21. The van der Waals surface area contributed by atoms with E-state index in [4.69, 9.17) is 33.2 Å². The van der Waals surface area contributed by atoms with Gasteiger partial charge in [-0.15, -0.1) is 11.6 Å². The van der Waals surface area contributed by atoms with E-state index in [0.717, 1.165) is 0 Å². The Kier molecular flexibility index (Phi) is 6.72. The van der Waals surface area contributed by atoms with Crippen LogP contribution in [0.5, 0.6) is 0 Å². The lowest BCUT2D eigenvalue weighted by atomic mass is 9.93. The molecular weight excluding hydrogens is 451 g/mol. The Morgan fingerprint density at radius 2 is 1.53 bits per heavy atom. The Hall–Kier alpha value is -3.36. The van der Waals surface area contributed by atoms with E-state index in [1.807, 2.05) is 0 Å². The minimum Gasteiger partial charge on any atom is -0.411 e. The summed E-state index contributed by atoms with van der Waals surface area (Å²) >= 11 is 12.5. The Labute approximate surface area is 194 Å². The molecule has 2 aliphatic rings. The van der Waals surface area contributed by atoms with Crippen molar-refractivity contribution < 1.29 is 10.4 Å². The van der Waals surface area contributed by atoms with Crippen LogP contribution in [0.15, 0.2) is 92.2 Å². The first-order valence-electron chi connectivity index (χ1n) is 9.70. The molecule has 4 rings (SSSR count). The molecule has 3 heterocycles. The van der Waals surface area contributed by atoms with Gasteiger partial charge in [0, 0.05) is 59.5 Å². The van der Waals surface area contributed by atoms with Gasteiger partial charge in [-0.05, 0) is 36.4 Å². The standard InChI is InChI=1S/C22H18Cl2N6O2/c23-15-9-19-20(10-16(15)24)28-22(12-18(30-32)14-3-7-26-8-4-14)21(27-19)11-17(29-31)13-1-5-25-6-2-13/h1-10,15,22,31-32H,11-12H2/b29-17-,30-18-. The van der Waals surface area contributed by atoms with Gasteiger partial charge in [0.1, 0.15) is 0 Å². The van der Waals surface area contributed by atoms with Crippen molar-refractivity contribution in [3.05, 3.63) is 83.1 Å². The van der Waals surface area contributed by atoms with Crippen LogP contribution in [0.1, 0.15) is 24.0 Å². The summed E-state index contributed by atoms with van der Waals surface area (Å²) in [6, 6.07) is 6.52. The Balaban J connectivity index is 1.69. The van der Waals surface area contributed by atoms with E-state index in [-0.39, 0.29) is 12.8 Å². The maximum atomic E-state index is 9.66. The number of allylic oxidation sites excluding steroid dienone is 3. The van der Waals surface area contributed by atoms with Crippen LogP contribution in [0.2, 0.25) is 0 Å². The highest BCUT2D eigenvalue weighted by Gasteiger charge is 2.29. The van der Waals surface area contributed by atoms with Gasteiger partial charge in [-0.1, -0.05) is 21.9 Å². The second kappa shape index (κ2) is 9.84. The zero-order valence-electron chi connectivity index (χ0n) is 16.7. The van der Waals surface area contributed by atoms with Crippen molar-refractivity contribution >= 4 is 46.0 Å². The molecule has 2 aromatic rings. The van der Waals surface area contributed by atoms with Gasteiger partial charge in [0.25, 0.3) is 0 Å². The van der Waals surface area contributed by atoms with Gasteiger partial charge in [0.15, 0.2) is 0 Å². The van der Waals surface area contributed by atoms with Gasteiger partial charge < -0.3 is 10.4 Å². The molecular formula is C22H18Cl2N6O2. The van der Waals surface area contributed by atoms with Gasteiger partial charge in [-0.2, -0.15) is 0 Å². The summed E-state index contributed by atoms with van der Waals surface area (Å²) in [6.07, 6.45) is 10.4. The van der Waals surface area contributed by atoms with Crippen LogP contribution < -0.4 is 0 Å². The SMILES string of the molecule is O/N=C(/CC1=NC2=CC(Cl)C(Cl)=CC2=NC1C/C(=N/O)c1ccncc1)c1ccncc1. The summed E-state index contributed by atoms with van der Waals surface area (Å²) < 4.78 is 0. The first-order chi connectivity index (χ1) is 15.6. The number of oxime groups is 2. The maximum Gasteiger partial charge on any atom is 0.0949 e. The number of aromatic nitrogens is 2. The number of halogens is 2. The molecule has 0 bridgehead atoms. The van der Waals surface area contributed by atoms with E-state index >= 15 is 0 Å². The average molecular weight is 469 g/mol. The molecule has 32 heavy (non-hydrogen) atoms.